The molecule has 2 aromatic rings. The number of hydrogen-bond acceptors (Lipinski definition) is 0. The molecule has 1 atom stereocenters. The van der Waals surface area contributed by atoms with E-state index < -0.39 is 0 Å². The normalized spacial score (nSPS) is 17.1. The minimum absolute atomic E-state index is 0.0258. The number of aryl methyl sites for hydroxylation is 2. The van der Waals surface area contributed by atoms with Gasteiger partial charge in [-0.2, -0.15) is 0 Å². The molecule has 0 spiro atoms. The maximum atomic E-state index is 14.4. The predicted molar refractivity (Wildman–Crippen MR) is 91.7 cm³/mol. The number of rotatable bonds is 4. The van der Waals surface area contributed by atoms with E-state index in [9.17, 15) is 4.39 Å². The van der Waals surface area contributed by atoms with E-state index in [0.29, 0.717) is 5.92 Å². The highest BCUT2D eigenvalue weighted by Crippen LogP contribution is 2.34. The van der Waals surface area contributed by atoms with Crippen molar-refractivity contribution in [2.45, 2.75) is 44.9 Å². The second-order valence-corrected chi connectivity index (χ2v) is 6.28. The molecule has 1 aliphatic carbocycles. The summed E-state index contributed by atoms with van der Waals surface area (Å²) in [4.78, 5) is 0. The van der Waals surface area contributed by atoms with Gasteiger partial charge in [-0.15, -0.1) is 0 Å². The predicted octanol–water partition coefficient (Wildman–Crippen LogP) is 5.69. The summed E-state index contributed by atoms with van der Waals surface area (Å²) in [6.45, 7) is 5.95. The molecule has 0 fully saturated rings. The summed E-state index contributed by atoms with van der Waals surface area (Å²) in [7, 11) is 0. The van der Waals surface area contributed by atoms with Gasteiger partial charge >= 0.3 is 0 Å². The molecule has 0 radical (unpaired) electrons. The minimum Gasteiger partial charge on any atom is -0.207 e. The number of hydrogen-bond donors (Lipinski definition) is 0. The third-order valence-corrected chi connectivity index (χ3v) is 4.74. The molecule has 2 aromatic carbocycles. The Labute approximate surface area is 132 Å². The van der Waals surface area contributed by atoms with Crippen molar-refractivity contribution < 1.29 is 4.39 Å². The van der Waals surface area contributed by atoms with Gasteiger partial charge in [0, 0.05) is 0 Å². The first-order valence-electron chi connectivity index (χ1n) is 8.23. The van der Waals surface area contributed by atoms with Gasteiger partial charge in [0.05, 0.1) is 0 Å². The molecule has 1 aliphatic rings. The Morgan fingerprint density at radius 1 is 1.18 bits per heavy atom. The van der Waals surface area contributed by atoms with Crippen molar-refractivity contribution in [1.29, 1.82) is 0 Å². The highest BCUT2D eigenvalue weighted by atomic mass is 19.1. The molecule has 114 valence electrons. The van der Waals surface area contributed by atoms with E-state index >= 15 is 0 Å². The van der Waals surface area contributed by atoms with Gasteiger partial charge in [0.25, 0.3) is 0 Å². The fourth-order valence-electron chi connectivity index (χ4n) is 3.51. The fourth-order valence-corrected chi connectivity index (χ4v) is 3.51. The molecular weight excluding hydrogens is 271 g/mol. The van der Waals surface area contributed by atoms with Crippen LogP contribution < -0.4 is 0 Å². The van der Waals surface area contributed by atoms with Crippen LogP contribution >= 0.6 is 0 Å². The maximum Gasteiger partial charge on any atom is 0.126 e. The SMILES string of the molecule is C=Cc1ccc2c(c1)CCC(c1ccc(CCC)cc1F)C2. The third kappa shape index (κ3) is 2.99. The van der Waals surface area contributed by atoms with E-state index in [4.69, 9.17) is 0 Å². The summed E-state index contributed by atoms with van der Waals surface area (Å²) in [5, 5.41) is 0. The smallest absolute Gasteiger partial charge is 0.126 e. The van der Waals surface area contributed by atoms with Crippen molar-refractivity contribution in [2.24, 2.45) is 0 Å². The van der Waals surface area contributed by atoms with E-state index in [2.05, 4.69) is 37.8 Å². The van der Waals surface area contributed by atoms with Crippen molar-refractivity contribution in [3.8, 4) is 0 Å². The second-order valence-electron chi connectivity index (χ2n) is 6.28. The van der Waals surface area contributed by atoms with Gasteiger partial charge < -0.3 is 0 Å². The van der Waals surface area contributed by atoms with Crippen molar-refractivity contribution in [1.82, 2.24) is 0 Å². The summed E-state index contributed by atoms with van der Waals surface area (Å²) in [5.41, 5.74) is 5.93. The lowest BCUT2D eigenvalue weighted by Gasteiger charge is -2.26. The van der Waals surface area contributed by atoms with Crippen LogP contribution in [0.1, 0.15) is 53.5 Å². The van der Waals surface area contributed by atoms with Gasteiger partial charge in [-0.1, -0.05) is 56.3 Å². The molecule has 1 unspecified atom stereocenters. The molecule has 0 heterocycles. The van der Waals surface area contributed by atoms with Crippen LogP contribution in [0.25, 0.3) is 6.08 Å². The fraction of sp³-hybridized carbons (Fsp3) is 0.333. The number of halogens is 1. The Morgan fingerprint density at radius 2 is 2.05 bits per heavy atom. The van der Waals surface area contributed by atoms with Crippen LogP contribution in [0, 0.1) is 5.82 Å². The Balaban J connectivity index is 1.83. The molecule has 0 aromatic heterocycles. The van der Waals surface area contributed by atoms with Gasteiger partial charge in [0.1, 0.15) is 5.82 Å². The van der Waals surface area contributed by atoms with Gasteiger partial charge in [-0.25, -0.2) is 4.39 Å². The molecule has 0 bridgehead atoms. The van der Waals surface area contributed by atoms with Crippen molar-refractivity contribution in [3.05, 3.63) is 76.6 Å². The maximum absolute atomic E-state index is 14.4. The lowest BCUT2D eigenvalue weighted by Crippen LogP contribution is -2.14. The largest absolute Gasteiger partial charge is 0.207 e. The Kier molecular flexibility index (Phi) is 4.42. The molecule has 0 amide bonds. The van der Waals surface area contributed by atoms with Gasteiger partial charge in [-0.05, 0) is 65.5 Å². The third-order valence-electron chi connectivity index (χ3n) is 4.74. The highest BCUT2D eigenvalue weighted by Gasteiger charge is 2.22. The summed E-state index contributed by atoms with van der Waals surface area (Å²) >= 11 is 0. The van der Waals surface area contributed by atoms with Crippen LogP contribution in [-0.4, -0.2) is 0 Å². The van der Waals surface area contributed by atoms with E-state index in [0.717, 1.165) is 43.2 Å². The molecule has 0 N–H and O–H groups in total. The second kappa shape index (κ2) is 6.48. The molecule has 22 heavy (non-hydrogen) atoms. The lowest BCUT2D eigenvalue weighted by atomic mass is 9.79. The highest BCUT2D eigenvalue weighted by molar-refractivity contribution is 5.51. The van der Waals surface area contributed by atoms with Crippen LogP contribution in [-0.2, 0) is 19.3 Å². The van der Waals surface area contributed by atoms with E-state index in [-0.39, 0.29) is 5.82 Å². The molecule has 0 saturated heterocycles. The minimum atomic E-state index is -0.0258. The quantitative estimate of drug-likeness (QED) is 0.679. The van der Waals surface area contributed by atoms with Gasteiger partial charge in [0.15, 0.2) is 0 Å². The van der Waals surface area contributed by atoms with Crippen LogP contribution in [0.15, 0.2) is 43.0 Å². The standard InChI is InChI=1S/C21H23F/c1-3-5-16-7-11-20(21(22)13-16)19-10-9-17-12-15(4-2)6-8-18(17)14-19/h4,6-8,11-13,19H,2-3,5,9-10,14H2,1H3. The Morgan fingerprint density at radius 3 is 2.77 bits per heavy atom. The zero-order valence-corrected chi connectivity index (χ0v) is 13.2. The van der Waals surface area contributed by atoms with Crippen LogP contribution in [0.3, 0.4) is 0 Å². The van der Waals surface area contributed by atoms with E-state index in [1.165, 1.54) is 16.7 Å². The summed E-state index contributed by atoms with van der Waals surface area (Å²) < 4.78 is 14.4. The van der Waals surface area contributed by atoms with Gasteiger partial charge in [-0.3, -0.25) is 0 Å². The van der Waals surface area contributed by atoms with Crippen LogP contribution in [0.4, 0.5) is 4.39 Å². The van der Waals surface area contributed by atoms with Gasteiger partial charge in [0.2, 0.25) is 0 Å². The summed E-state index contributed by atoms with van der Waals surface area (Å²) in [6, 6.07) is 12.3. The Bertz CT molecular complexity index is 684. The van der Waals surface area contributed by atoms with E-state index in [1.807, 2.05) is 12.1 Å². The molecule has 1 heteroatoms. The van der Waals surface area contributed by atoms with Crippen molar-refractivity contribution in [2.75, 3.05) is 0 Å². The summed E-state index contributed by atoms with van der Waals surface area (Å²) in [6.07, 6.45) is 6.89. The molecule has 3 rings (SSSR count). The Hall–Kier alpha value is -1.89. The van der Waals surface area contributed by atoms with Crippen molar-refractivity contribution in [3.63, 3.8) is 0 Å². The van der Waals surface area contributed by atoms with Crippen LogP contribution in [0.5, 0.6) is 0 Å². The number of benzene rings is 2. The van der Waals surface area contributed by atoms with E-state index in [1.54, 1.807) is 6.07 Å². The number of fused-ring (bicyclic) bond motifs is 1. The molecule has 0 aliphatic heterocycles. The molecule has 0 saturated carbocycles. The zero-order chi connectivity index (χ0) is 15.5. The average Bonchev–Trinajstić information content (AvgIpc) is 2.54. The molecule has 0 nitrogen and oxygen atoms in total. The van der Waals surface area contributed by atoms with Crippen molar-refractivity contribution >= 4 is 6.08 Å². The monoisotopic (exact) mass is 294 g/mol. The lowest BCUT2D eigenvalue weighted by molar-refractivity contribution is 0.533. The molecular formula is C21H23F. The first-order chi connectivity index (χ1) is 10.7. The average molecular weight is 294 g/mol. The van der Waals surface area contributed by atoms with Crippen LogP contribution in [0.2, 0.25) is 0 Å². The topological polar surface area (TPSA) is 0 Å². The first kappa shape index (κ1) is 15.0. The summed E-state index contributed by atoms with van der Waals surface area (Å²) in [5.74, 6) is 0.278. The zero-order valence-electron chi connectivity index (χ0n) is 13.2. The first-order valence-corrected chi connectivity index (χ1v) is 8.23.